The Morgan fingerprint density at radius 3 is 2.58 bits per heavy atom. The van der Waals surface area contributed by atoms with Gasteiger partial charge in [-0.25, -0.2) is 0 Å². The molecule has 1 unspecified atom stereocenters. The molecule has 3 rings (SSSR count). The van der Waals surface area contributed by atoms with Gasteiger partial charge in [0.1, 0.15) is 11.5 Å². The highest BCUT2D eigenvalue weighted by Crippen LogP contribution is 2.25. The summed E-state index contributed by atoms with van der Waals surface area (Å²) in [6.07, 6.45) is 4.74. The van der Waals surface area contributed by atoms with Gasteiger partial charge in [0.15, 0.2) is 0 Å². The summed E-state index contributed by atoms with van der Waals surface area (Å²) >= 11 is 0. The van der Waals surface area contributed by atoms with Crippen molar-refractivity contribution in [3.05, 3.63) is 59.2 Å². The van der Waals surface area contributed by atoms with Gasteiger partial charge in [-0.3, -0.25) is 4.79 Å². The SMILES string of the molecule is COc1ccc(OCCCC(=O)NC(C)c2ccc3c(c2)CCC3)cc1. The molecule has 0 heterocycles. The lowest BCUT2D eigenvalue weighted by molar-refractivity contribution is -0.121. The minimum absolute atomic E-state index is 0.0379. The van der Waals surface area contributed by atoms with E-state index in [1.807, 2.05) is 31.2 Å². The van der Waals surface area contributed by atoms with Crippen LogP contribution in [0, 0.1) is 0 Å². The number of aryl methyl sites for hydroxylation is 2. The summed E-state index contributed by atoms with van der Waals surface area (Å²) in [6.45, 7) is 2.56. The van der Waals surface area contributed by atoms with Crippen LogP contribution < -0.4 is 14.8 Å². The third-order valence-electron chi connectivity index (χ3n) is 4.88. The number of carbonyl (C=O) groups is 1. The van der Waals surface area contributed by atoms with E-state index >= 15 is 0 Å². The summed E-state index contributed by atoms with van der Waals surface area (Å²) in [6, 6.07) is 14.1. The van der Waals surface area contributed by atoms with Gasteiger partial charge in [-0.15, -0.1) is 0 Å². The fraction of sp³-hybridized carbons (Fsp3) is 0.409. The molecule has 0 bridgehead atoms. The molecule has 2 aromatic carbocycles. The molecule has 0 aliphatic heterocycles. The van der Waals surface area contributed by atoms with E-state index in [4.69, 9.17) is 9.47 Å². The van der Waals surface area contributed by atoms with Crippen molar-refractivity contribution in [1.29, 1.82) is 0 Å². The lowest BCUT2D eigenvalue weighted by Crippen LogP contribution is -2.26. The first-order valence-corrected chi connectivity index (χ1v) is 9.33. The standard InChI is InChI=1S/C22H27NO3/c1-16(18-9-8-17-5-3-6-19(17)15-18)23-22(24)7-4-14-26-21-12-10-20(25-2)11-13-21/h8-13,15-16H,3-7,14H2,1-2H3,(H,23,24). The van der Waals surface area contributed by atoms with Crippen LogP contribution in [-0.4, -0.2) is 19.6 Å². The lowest BCUT2D eigenvalue weighted by atomic mass is 10.0. The van der Waals surface area contributed by atoms with Gasteiger partial charge in [-0.2, -0.15) is 0 Å². The molecule has 0 spiro atoms. The maximum atomic E-state index is 12.2. The molecule has 1 amide bonds. The van der Waals surface area contributed by atoms with Gasteiger partial charge in [-0.05, 0) is 73.6 Å². The molecule has 0 aromatic heterocycles. The number of carbonyl (C=O) groups excluding carboxylic acids is 1. The predicted octanol–water partition coefficient (Wildman–Crippen LogP) is 4.22. The smallest absolute Gasteiger partial charge is 0.220 e. The number of hydrogen-bond donors (Lipinski definition) is 1. The zero-order valence-electron chi connectivity index (χ0n) is 15.6. The Morgan fingerprint density at radius 1 is 1.08 bits per heavy atom. The van der Waals surface area contributed by atoms with E-state index in [0.29, 0.717) is 19.4 Å². The second-order valence-electron chi connectivity index (χ2n) is 6.80. The van der Waals surface area contributed by atoms with Crippen LogP contribution in [0.25, 0.3) is 0 Å². The summed E-state index contributed by atoms with van der Waals surface area (Å²) in [4.78, 5) is 12.2. The summed E-state index contributed by atoms with van der Waals surface area (Å²) in [5.74, 6) is 1.66. The average molecular weight is 353 g/mol. The van der Waals surface area contributed by atoms with Crippen LogP contribution >= 0.6 is 0 Å². The zero-order chi connectivity index (χ0) is 18.4. The van der Waals surface area contributed by atoms with Crippen molar-refractivity contribution >= 4 is 5.91 Å². The van der Waals surface area contributed by atoms with Gasteiger partial charge in [0, 0.05) is 6.42 Å². The Kier molecular flexibility index (Phi) is 6.16. The molecule has 1 N–H and O–H groups in total. The fourth-order valence-corrected chi connectivity index (χ4v) is 3.35. The number of rotatable bonds is 8. The van der Waals surface area contributed by atoms with Gasteiger partial charge in [0.2, 0.25) is 5.91 Å². The maximum Gasteiger partial charge on any atom is 0.220 e. The normalized spacial score (nSPS) is 13.8. The molecular formula is C22H27NO3. The Labute approximate surface area is 155 Å². The molecule has 0 saturated carbocycles. The van der Waals surface area contributed by atoms with Crippen molar-refractivity contribution < 1.29 is 14.3 Å². The first-order valence-electron chi connectivity index (χ1n) is 9.33. The quantitative estimate of drug-likeness (QED) is 0.723. The molecule has 26 heavy (non-hydrogen) atoms. The van der Waals surface area contributed by atoms with Crippen molar-refractivity contribution in [1.82, 2.24) is 5.32 Å². The molecule has 4 heteroatoms. The Bertz CT molecular complexity index is 740. The van der Waals surface area contributed by atoms with Crippen molar-refractivity contribution in [2.75, 3.05) is 13.7 Å². The van der Waals surface area contributed by atoms with Gasteiger partial charge >= 0.3 is 0 Å². The average Bonchev–Trinajstić information content (AvgIpc) is 3.13. The molecule has 4 nitrogen and oxygen atoms in total. The van der Waals surface area contributed by atoms with E-state index in [1.54, 1.807) is 7.11 Å². The highest BCUT2D eigenvalue weighted by molar-refractivity contribution is 5.76. The number of nitrogens with one attached hydrogen (secondary N) is 1. The number of hydrogen-bond acceptors (Lipinski definition) is 3. The van der Waals surface area contributed by atoms with E-state index < -0.39 is 0 Å². The summed E-state index contributed by atoms with van der Waals surface area (Å²) in [7, 11) is 1.64. The second-order valence-corrected chi connectivity index (χ2v) is 6.80. The Morgan fingerprint density at radius 2 is 1.81 bits per heavy atom. The van der Waals surface area contributed by atoms with E-state index in [-0.39, 0.29) is 11.9 Å². The molecule has 138 valence electrons. The Balaban J connectivity index is 1.39. The minimum atomic E-state index is 0.0379. The van der Waals surface area contributed by atoms with Crippen LogP contribution in [0.1, 0.15) is 48.9 Å². The molecule has 0 saturated heterocycles. The maximum absolute atomic E-state index is 12.2. The van der Waals surface area contributed by atoms with Gasteiger partial charge in [0.05, 0.1) is 19.8 Å². The van der Waals surface area contributed by atoms with Gasteiger partial charge in [0.25, 0.3) is 0 Å². The third kappa shape index (κ3) is 4.78. The van der Waals surface area contributed by atoms with E-state index in [2.05, 4.69) is 23.5 Å². The first-order chi connectivity index (χ1) is 12.7. The monoisotopic (exact) mass is 353 g/mol. The van der Waals surface area contributed by atoms with Crippen LogP contribution in [0.3, 0.4) is 0 Å². The van der Waals surface area contributed by atoms with Gasteiger partial charge in [-0.1, -0.05) is 18.2 Å². The topological polar surface area (TPSA) is 47.6 Å². The van der Waals surface area contributed by atoms with Crippen molar-refractivity contribution in [3.8, 4) is 11.5 Å². The van der Waals surface area contributed by atoms with Crippen LogP contribution in [0.5, 0.6) is 11.5 Å². The lowest BCUT2D eigenvalue weighted by Gasteiger charge is -2.16. The number of benzene rings is 2. The van der Waals surface area contributed by atoms with Crippen LogP contribution in [-0.2, 0) is 17.6 Å². The first kappa shape index (κ1) is 18.3. The fourth-order valence-electron chi connectivity index (χ4n) is 3.35. The van der Waals surface area contributed by atoms with E-state index in [9.17, 15) is 4.79 Å². The van der Waals surface area contributed by atoms with Crippen LogP contribution in [0.4, 0.5) is 0 Å². The Hall–Kier alpha value is -2.49. The molecule has 0 fully saturated rings. The number of fused-ring (bicyclic) bond motifs is 1. The number of methoxy groups -OCH3 is 1. The number of amides is 1. The molecule has 2 aromatic rings. The second kappa shape index (κ2) is 8.75. The predicted molar refractivity (Wildman–Crippen MR) is 103 cm³/mol. The van der Waals surface area contributed by atoms with Crippen molar-refractivity contribution in [2.24, 2.45) is 0 Å². The summed E-state index contributed by atoms with van der Waals surface area (Å²) < 4.78 is 10.8. The summed E-state index contributed by atoms with van der Waals surface area (Å²) in [5, 5.41) is 3.09. The van der Waals surface area contributed by atoms with Crippen LogP contribution in [0.2, 0.25) is 0 Å². The summed E-state index contributed by atoms with van der Waals surface area (Å²) in [5.41, 5.74) is 4.09. The molecule has 1 aliphatic carbocycles. The van der Waals surface area contributed by atoms with Crippen molar-refractivity contribution in [3.63, 3.8) is 0 Å². The molecular weight excluding hydrogens is 326 g/mol. The van der Waals surface area contributed by atoms with E-state index in [1.165, 1.54) is 29.5 Å². The van der Waals surface area contributed by atoms with Crippen LogP contribution in [0.15, 0.2) is 42.5 Å². The molecule has 1 atom stereocenters. The molecule has 0 radical (unpaired) electrons. The van der Waals surface area contributed by atoms with Crippen molar-refractivity contribution in [2.45, 2.75) is 45.1 Å². The third-order valence-corrected chi connectivity index (χ3v) is 4.88. The number of ether oxygens (including phenoxy) is 2. The highest BCUT2D eigenvalue weighted by atomic mass is 16.5. The largest absolute Gasteiger partial charge is 0.497 e. The van der Waals surface area contributed by atoms with E-state index in [0.717, 1.165) is 17.9 Å². The zero-order valence-corrected chi connectivity index (χ0v) is 15.6. The van der Waals surface area contributed by atoms with Gasteiger partial charge < -0.3 is 14.8 Å². The molecule has 1 aliphatic rings. The minimum Gasteiger partial charge on any atom is -0.497 e. The highest BCUT2D eigenvalue weighted by Gasteiger charge is 2.14.